The predicted molar refractivity (Wildman–Crippen MR) is 71.6 cm³/mol. The van der Waals surface area contributed by atoms with Crippen molar-refractivity contribution in [2.75, 3.05) is 5.43 Å². The third-order valence-electron chi connectivity index (χ3n) is 2.59. The number of hydrazine groups is 1. The van der Waals surface area contributed by atoms with E-state index in [4.69, 9.17) is 4.74 Å². The lowest BCUT2D eigenvalue weighted by Gasteiger charge is -2.16. The Morgan fingerprint density at radius 3 is 2.30 bits per heavy atom. The second-order valence-electron chi connectivity index (χ2n) is 4.21. The van der Waals surface area contributed by atoms with E-state index in [1.165, 1.54) is 12.2 Å². The van der Waals surface area contributed by atoms with Crippen molar-refractivity contribution in [2.24, 2.45) is 0 Å². The Bertz CT molecular complexity index is 545. The first kappa shape index (κ1) is 13.8. The Labute approximate surface area is 116 Å². The van der Waals surface area contributed by atoms with Crippen molar-refractivity contribution in [3.05, 3.63) is 36.4 Å². The maximum absolute atomic E-state index is 11.4. The molecule has 1 aliphatic rings. The lowest BCUT2D eigenvalue weighted by molar-refractivity contribution is -0.136. The van der Waals surface area contributed by atoms with E-state index in [2.05, 4.69) is 5.43 Å². The summed E-state index contributed by atoms with van der Waals surface area (Å²) in [6, 6.07) is 6.42. The van der Waals surface area contributed by atoms with Crippen LogP contribution in [0.3, 0.4) is 0 Å². The molecule has 0 radical (unpaired) electrons. The summed E-state index contributed by atoms with van der Waals surface area (Å²) in [6.07, 6.45) is 3.47. The van der Waals surface area contributed by atoms with Crippen LogP contribution in [0, 0.1) is 0 Å². The molecule has 0 aromatic heterocycles. The highest BCUT2D eigenvalue weighted by molar-refractivity contribution is 6.13. The number of hydrogen-bond acceptors (Lipinski definition) is 5. The molecule has 0 saturated carbocycles. The van der Waals surface area contributed by atoms with Crippen molar-refractivity contribution in [2.45, 2.75) is 19.8 Å². The summed E-state index contributed by atoms with van der Waals surface area (Å²) >= 11 is 0. The van der Waals surface area contributed by atoms with E-state index in [-0.39, 0.29) is 5.97 Å². The van der Waals surface area contributed by atoms with Crippen LogP contribution in [0.25, 0.3) is 0 Å². The number of benzene rings is 1. The van der Waals surface area contributed by atoms with E-state index in [0.29, 0.717) is 17.9 Å². The number of amides is 2. The molecule has 1 aromatic rings. The summed E-state index contributed by atoms with van der Waals surface area (Å²) in [7, 11) is 0. The van der Waals surface area contributed by atoms with Gasteiger partial charge in [0.15, 0.2) is 0 Å². The summed E-state index contributed by atoms with van der Waals surface area (Å²) < 4.78 is 5.10. The zero-order valence-electron chi connectivity index (χ0n) is 11.0. The molecule has 2 amide bonds. The lowest BCUT2D eigenvalue weighted by Crippen LogP contribution is -2.35. The lowest BCUT2D eigenvalue weighted by atomic mass is 10.3. The number of imide groups is 1. The first-order chi connectivity index (χ1) is 9.60. The average Bonchev–Trinajstić information content (AvgIpc) is 2.73. The van der Waals surface area contributed by atoms with Gasteiger partial charge in [0.2, 0.25) is 0 Å². The molecule has 0 bridgehead atoms. The molecule has 20 heavy (non-hydrogen) atoms. The molecule has 0 atom stereocenters. The van der Waals surface area contributed by atoms with Gasteiger partial charge in [0, 0.05) is 18.6 Å². The van der Waals surface area contributed by atoms with Crippen LogP contribution in [0.1, 0.15) is 19.8 Å². The molecule has 6 nitrogen and oxygen atoms in total. The summed E-state index contributed by atoms with van der Waals surface area (Å²) in [5.41, 5.74) is 3.22. The third kappa shape index (κ3) is 3.23. The molecule has 104 valence electrons. The van der Waals surface area contributed by atoms with Gasteiger partial charge in [0.05, 0.1) is 5.69 Å². The van der Waals surface area contributed by atoms with Crippen molar-refractivity contribution in [3.63, 3.8) is 0 Å². The van der Waals surface area contributed by atoms with Crippen LogP contribution in [0.15, 0.2) is 36.4 Å². The van der Waals surface area contributed by atoms with Crippen LogP contribution in [-0.2, 0) is 14.4 Å². The van der Waals surface area contributed by atoms with Gasteiger partial charge in [-0.25, -0.2) is 0 Å². The van der Waals surface area contributed by atoms with Gasteiger partial charge in [-0.05, 0) is 30.7 Å². The minimum absolute atomic E-state index is 0.290. The number of nitrogens with one attached hydrogen (secondary N) is 1. The zero-order valence-corrected chi connectivity index (χ0v) is 11.0. The molecular formula is C14H14N2O4. The van der Waals surface area contributed by atoms with Gasteiger partial charge < -0.3 is 4.74 Å². The maximum atomic E-state index is 11.4. The molecule has 1 heterocycles. The van der Waals surface area contributed by atoms with Crippen molar-refractivity contribution >= 4 is 23.5 Å². The summed E-state index contributed by atoms with van der Waals surface area (Å²) in [5, 5.41) is 0.901. The number of rotatable bonds is 5. The third-order valence-corrected chi connectivity index (χ3v) is 2.59. The second-order valence-corrected chi connectivity index (χ2v) is 4.21. The molecule has 1 aliphatic heterocycles. The molecular weight excluding hydrogens is 260 g/mol. The van der Waals surface area contributed by atoms with E-state index in [0.717, 1.165) is 11.4 Å². The fraction of sp³-hybridized carbons (Fsp3) is 0.214. The Hall–Kier alpha value is -2.63. The molecule has 2 rings (SSSR count). The minimum Gasteiger partial charge on any atom is -0.427 e. The Kier molecular flexibility index (Phi) is 4.14. The highest BCUT2D eigenvalue weighted by Gasteiger charge is 2.23. The van der Waals surface area contributed by atoms with Crippen molar-refractivity contribution < 1.29 is 19.1 Å². The topological polar surface area (TPSA) is 75.7 Å². The molecule has 6 heteroatoms. The number of esters is 1. The average molecular weight is 274 g/mol. The van der Waals surface area contributed by atoms with Gasteiger partial charge in [-0.1, -0.05) is 6.92 Å². The van der Waals surface area contributed by atoms with Gasteiger partial charge in [-0.15, -0.1) is 0 Å². The quantitative estimate of drug-likeness (QED) is 0.502. The first-order valence-electron chi connectivity index (χ1n) is 6.23. The standard InChI is InChI=1S/C14H14N2O4/c1-2-3-14(19)20-11-6-4-10(5-7-11)15-16-12(17)8-9-13(16)18/h4-9,15H,2-3H2,1H3. The van der Waals surface area contributed by atoms with Gasteiger partial charge in [-0.2, -0.15) is 5.01 Å². The molecule has 0 fully saturated rings. The Morgan fingerprint density at radius 1 is 1.15 bits per heavy atom. The molecule has 1 N–H and O–H groups in total. The number of nitrogens with zero attached hydrogens (tertiary/aromatic N) is 1. The first-order valence-corrected chi connectivity index (χ1v) is 6.23. The number of hydrogen-bond donors (Lipinski definition) is 1. The SMILES string of the molecule is CCCC(=O)Oc1ccc(NN2C(=O)C=CC2=O)cc1. The van der Waals surface area contributed by atoms with E-state index in [1.807, 2.05) is 6.92 Å². The fourth-order valence-electron chi connectivity index (χ4n) is 1.62. The molecule has 1 aromatic carbocycles. The summed E-state index contributed by atoms with van der Waals surface area (Å²) in [6.45, 7) is 1.90. The number of anilines is 1. The normalized spacial score (nSPS) is 13.8. The molecule has 0 saturated heterocycles. The smallest absolute Gasteiger partial charge is 0.311 e. The zero-order chi connectivity index (χ0) is 14.5. The maximum Gasteiger partial charge on any atom is 0.311 e. The van der Waals surface area contributed by atoms with Crippen molar-refractivity contribution in [3.8, 4) is 5.75 Å². The van der Waals surface area contributed by atoms with Gasteiger partial charge in [0.25, 0.3) is 11.8 Å². The highest BCUT2D eigenvalue weighted by atomic mass is 16.5. The molecule has 0 unspecified atom stereocenters. The van der Waals surface area contributed by atoms with Gasteiger partial charge >= 0.3 is 5.97 Å². The van der Waals surface area contributed by atoms with E-state index < -0.39 is 11.8 Å². The summed E-state index contributed by atoms with van der Waals surface area (Å²) in [5.74, 6) is -0.713. The van der Waals surface area contributed by atoms with E-state index >= 15 is 0 Å². The Morgan fingerprint density at radius 2 is 1.75 bits per heavy atom. The van der Waals surface area contributed by atoms with E-state index in [9.17, 15) is 14.4 Å². The summed E-state index contributed by atoms with van der Waals surface area (Å²) in [4.78, 5) is 34.0. The van der Waals surface area contributed by atoms with Crippen molar-refractivity contribution in [1.29, 1.82) is 0 Å². The van der Waals surface area contributed by atoms with Crippen LogP contribution in [0.4, 0.5) is 5.69 Å². The predicted octanol–water partition coefficient (Wildman–Crippen LogP) is 1.64. The monoisotopic (exact) mass is 274 g/mol. The van der Waals surface area contributed by atoms with Gasteiger partial charge in [-0.3, -0.25) is 19.8 Å². The second kappa shape index (κ2) is 6.01. The highest BCUT2D eigenvalue weighted by Crippen LogP contribution is 2.18. The van der Waals surface area contributed by atoms with Crippen LogP contribution >= 0.6 is 0 Å². The van der Waals surface area contributed by atoms with Crippen LogP contribution in [-0.4, -0.2) is 22.8 Å². The number of carbonyl (C=O) groups excluding carboxylic acids is 3. The van der Waals surface area contributed by atoms with Crippen LogP contribution in [0.5, 0.6) is 5.75 Å². The minimum atomic E-state index is -0.423. The van der Waals surface area contributed by atoms with Crippen LogP contribution in [0.2, 0.25) is 0 Å². The molecule has 0 spiro atoms. The Balaban J connectivity index is 1.96. The van der Waals surface area contributed by atoms with Gasteiger partial charge in [0.1, 0.15) is 5.75 Å². The molecule has 0 aliphatic carbocycles. The fourth-order valence-corrected chi connectivity index (χ4v) is 1.62. The van der Waals surface area contributed by atoms with Crippen LogP contribution < -0.4 is 10.2 Å². The van der Waals surface area contributed by atoms with Crippen molar-refractivity contribution in [1.82, 2.24) is 5.01 Å². The number of carbonyl (C=O) groups is 3. The number of ether oxygens (including phenoxy) is 1. The largest absolute Gasteiger partial charge is 0.427 e. The van der Waals surface area contributed by atoms with E-state index in [1.54, 1.807) is 24.3 Å².